The lowest BCUT2D eigenvalue weighted by Gasteiger charge is -2.13. The molecule has 1 unspecified atom stereocenters. The van der Waals surface area contributed by atoms with Crippen molar-refractivity contribution in [3.8, 4) is 11.5 Å². The summed E-state index contributed by atoms with van der Waals surface area (Å²) in [5, 5.41) is 0. The van der Waals surface area contributed by atoms with E-state index in [1.807, 2.05) is 0 Å². The molecule has 0 saturated carbocycles. The highest BCUT2D eigenvalue weighted by Gasteiger charge is 2.19. The van der Waals surface area contributed by atoms with E-state index in [1.54, 1.807) is 19.2 Å². The summed E-state index contributed by atoms with van der Waals surface area (Å²) in [5.41, 5.74) is 0.502. The topological polar surface area (TPSA) is 35.5 Å². The number of Topliss-reactive ketones (excluding diaryl/α,β-unsaturated/α-hetero) is 1. The Kier molecular flexibility index (Phi) is 5.23. The third-order valence-corrected chi connectivity index (χ3v) is 3.06. The molecule has 0 aromatic heterocycles. The molecule has 88 valence electrons. The van der Waals surface area contributed by atoms with E-state index in [0.717, 1.165) is 10.6 Å². The Morgan fingerprint density at radius 3 is 2.56 bits per heavy atom. The molecule has 3 nitrogen and oxygen atoms in total. The summed E-state index contributed by atoms with van der Waals surface area (Å²) in [6.45, 7) is 0. The van der Waals surface area contributed by atoms with E-state index in [2.05, 4.69) is 25.2 Å². The quantitative estimate of drug-likeness (QED) is 0.620. The lowest BCUT2D eigenvalue weighted by molar-refractivity contribution is 0.0983. The highest BCUT2D eigenvalue weighted by atomic mass is 79.9. The van der Waals surface area contributed by atoms with Crippen molar-refractivity contribution in [2.45, 2.75) is 6.42 Å². The third-order valence-electron chi connectivity index (χ3n) is 2.15. The first-order valence-electron chi connectivity index (χ1n) is 4.79. The van der Waals surface area contributed by atoms with Gasteiger partial charge in [0.2, 0.25) is 0 Å². The number of carbonyl (C=O) groups is 1. The standard InChI is InChI=1S/C11H14BrO3P/c1-14-9-4-3-7(12)11(15-2)10(9)8(13)5-6-16/h3-4H,5-6,16H2,1-2H3. The van der Waals surface area contributed by atoms with E-state index in [4.69, 9.17) is 9.47 Å². The molecule has 0 fully saturated rings. The molecule has 0 N–H and O–H groups in total. The molecule has 1 atom stereocenters. The second-order valence-corrected chi connectivity index (χ2v) is 4.55. The summed E-state index contributed by atoms with van der Waals surface area (Å²) in [6, 6.07) is 3.55. The number of rotatable bonds is 5. The van der Waals surface area contributed by atoms with Crippen LogP contribution in [0.2, 0.25) is 0 Å². The van der Waals surface area contributed by atoms with Crippen LogP contribution >= 0.6 is 25.2 Å². The number of ether oxygens (including phenoxy) is 2. The van der Waals surface area contributed by atoms with Crippen molar-refractivity contribution in [3.05, 3.63) is 22.2 Å². The molecule has 5 heteroatoms. The summed E-state index contributed by atoms with van der Waals surface area (Å²) in [6.07, 6.45) is 1.17. The monoisotopic (exact) mass is 304 g/mol. The van der Waals surface area contributed by atoms with Crippen LogP contribution < -0.4 is 9.47 Å². The number of benzene rings is 1. The molecule has 1 aromatic carbocycles. The SMILES string of the molecule is COc1ccc(Br)c(OC)c1C(=O)CCP. The zero-order valence-electron chi connectivity index (χ0n) is 9.25. The summed E-state index contributed by atoms with van der Waals surface area (Å²) >= 11 is 3.35. The number of methoxy groups -OCH3 is 2. The highest BCUT2D eigenvalue weighted by molar-refractivity contribution is 9.10. The van der Waals surface area contributed by atoms with E-state index >= 15 is 0 Å². The van der Waals surface area contributed by atoms with Crippen LogP contribution in [0.1, 0.15) is 16.8 Å². The van der Waals surface area contributed by atoms with Crippen molar-refractivity contribution in [3.63, 3.8) is 0 Å². The Morgan fingerprint density at radius 2 is 2.06 bits per heavy atom. The smallest absolute Gasteiger partial charge is 0.170 e. The van der Waals surface area contributed by atoms with Crippen molar-refractivity contribution in [1.29, 1.82) is 0 Å². The summed E-state index contributed by atoms with van der Waals surface area (Å²) in [4.78, 5) is 12.0. The Balaban J connectivity index is 3.30. The average molecular weight is 305 g/mol. The number of ketones is 1. The first-order chi connectivity index (χ1) is 7.65. The van der Waals surface area contributed by atoms with Crippen molar-refractivity contribution < 1.29 is 14.3 Å². The zero-order valence-corrected chi connectivity index (χ0v) is 12.0. The van der Waals surface area contributed by atoms with Gasteiger partial charge in [-0.1, -0.05) is 0 Å². The number of hydrogen-bond donors (Lipinski definition) is 0. The minimum atomic E-state index is 0.0185. The second kappa shape index (κ2) is 6.21. The van der Waals surface area contributed by atoms with Gasteiger partial charge in [-0.25, -0.2) is 0 Å². The van der Waals surface area contributed by atoms with Gasteiger partial charge in [0.1, 0.15) is 17.1 Å². The summed E-state index contributed by atoms with van der Waals surface area (Å²) in [7, 11) is 5.62. The Bertz CT molecular complexity index is 393. The molecule has 0 spiro atoms. The number of hydrogen-bond acceptors (Lipinski definition) is 3. The minimum Gasteiger partial charge on any atom is -0.496 e. The van der Waals surface area contributed by atoms with E-state index < -0.39 is 0 Å². The first kappa shape index (κ1) is 13.5. The Hall–Kier alpha value is -0.600. The van der Waals surface area contributed by atoms with Gasteiger partial charge in [0.05, 0.1) is 18.7 Å². The molecule has 0 aliphatic heterocycles. The molecule has 0 amide bonds. The van der Waals surface area contributed by atoms with Crippen LogP contribution in [-0.2, 0) is 0 Å². The van der Waals surface area contributed by atoms with Gasteiger partial charge in [0.15, 0.2) is 5.78 Å². The molecular weight excluding hydrogens is 291 g/mol. The molecule has 0 heterocycles. The van der Waals surface area contributed by atoms with Crippen LogP contribution in [-0.4, -0.2) is 26.2 Å². The normalized spacial score (nSPS) is 10.0. The predicted molar refractivity (Wildman–Crippen MR) is 70.8 cm³/mol. The highest BCUT2D eigenvalue weighted by Crippen LogP contribution is 2.36. The Morgan fingerprint density at radius 1 is 1.38 bits per heavy atom. The van der Waals surface area contributed by atoms with Crippen LogP contribution in [0.5, 0.6) is 11.5 Å². The summed E-state index contributed by atoms with van der Waals surface area (Å²) < 4.78 is 11.2. The van der Waals surface area contributed by atoms with Gasteiger partial charge >= 0.3 is 0 Å². The number of carbonyl (C=O) groups excluding carboxylic acids is 1. The molecule has 0 saturated heterocycles. The second-order valence-electron chi connectivity index (χ2n) is 3.12. The van der Waals surface area contributed by atoms with Crippen molar-refractivity contribution in [2.75, 3.05) is 20.4 Å². The maximum atomic E-state index is 12.0. The predicted octanol–water partition coefficient (Wildman–Crippen LogP) is 2.91. The van der Waals surface area contributed by atoms with Crippen LogP contribution in [0.15, 0.2) is 16.6 Å². The maximum Gasteiger partial charge on any atom is 0.170 e. The van der Waals surface area contributed by atoms with E-state index in [9.17, 15) is 4.79 Å². The first-order valence-corrected chi connectivity index (χ1v) is 6.40. The van der Waals surface area contributed by atoms with Gasteiger partial charge in [-0.3, -0.25) is 4.79 Å². The van der Waals surface area contributed by atoms with Crippen molar-refractivity contribution in [2.24, 2.45) is 0 Å². The van der Waals surface area contributed by atoms with Crippen molar-refractivity contribution in [1.82, 2.24) is 0 Å². The molecule has 1 aromatic rings. The molecule has 0 aliphatic carbocycles. The number of halogens is 1. The maximum absolute atomic E-state index is 12.0. The Labute approximate surface area is 106 Å². The molecule has 16 heavy (non-hydrogen) atoms. The van der Waals surface area contributed by atoms with Crippen LogP contribution in [0.25, 0.3) is 0 Å². The molecule has 0 radical (unpaired) electrons. The largest absolute Gasteiger partial charge is 0.496 e. The van der Waals surface area contributed by atoms with Crippen LogP contribution in [0, 0.1) is 0 Å². The van der Waals surface area contributed by atoms with Gasteiger partial charge in [0.25, 0.3) is 0 Å². The van der Waals surface area contributed by atoms with E-state index in [1.165, 1.54) is 7.11 Å². The van der Waals surface area contributed by atoms with Gasteiger partial charge in [-0.2, -0.15) is 0 Å². The van der Waals surface area contributed by atoms with Crippen molar-refractivity contribution >= 4 is 31.0 Å². The average Bonchev–Trinajstić information content (AvgIpc) is 2.28. The fraction of sp³-hybridized carbons (Fsp3) is 0.364. The lowest BCUT2D eigenvalue weighted by Crippen LogP contribution is -2.06. The van der Waals surface area contributed by atoms with Crippen LogP contribution in [0.3, 0.4) is 0 Å². The van der Waals surface area contributed by atoms with Crippen LogP contribution in [0.4, 0.5) is 0 Å². The fourth-order valence-electron chi connectivity index (χ4n) is 1.43. The zero-order chi connectivity index (χ0) is 12.1. The molecule has 1 rings (SSSR count). The van der Waals surface area contributed by atoms with Gasteiger partial charge in [-0.15, -0.1) is 9.24 Å². The molecule has 0 aliphatic rings. The molecule has 0 bridgehead atoms. The third kappa shape index (κ3) is 2.74. The summed E-state index contributed by atoms with van der Waals surface area (Å²) in [5.74, 6) is 1.09. The van der Waals surface area contributed by atoms with Gasteiger partial charge < -0.3 is 9.47 Å². The van der Waals surface area contributed by atoms with Gasteiger partial charge in [-0.05, 0) is 34.2 Å². The van der Waals surface area contributed by atoms with E-state index in [0.29, 0.717) is 23.5 Å². The fourth-order valence-corrected chi connectivity index (χ4v) is 2.18. The van der Waals surface area contributed by atoms with E-state index in [-0.39, 0.29) is 5.78 Å². The van der Waals surface area contributed by atoms with Gasteiger partial charge in [0, 0.05) is 6.42 Å². The molecular formula is C11H14BrO3P. The minimum absolute atomic E-state index is 0.0185. The lowest BCUT2D eigenvalue weighted by atomic mass is 10.1.